The molecule has 0 aromatic carbocycles. The molecule has 0 radical (unpaired) electrons. The molecule has 0 aliphatic heterocycles. The third-order valence-electron chi connectivity index (χ3n) is 2.98. The van der Waals surface area contributed by atoms with E-state index < -0.39 is 0 Å². The first-order valence-corrected chi connectivity index (χ1v) is 6.14. The number of anilines is 1. The molecular formula is C11H19N7. The number of aromatic nitrogens is 5. The van der Waals surface area contributed by atoms with E-state index in [1.165, 1.54) is 0 Å². The highest BCUT2D eigenvalue weighted by Gasteiger charge is 2.04. The second-order valence-corrected chi connectivity index (χ2v) is 4.60. The monoisotopic (exact) mass is 249 g/mol. The van der Waals surface area contributed by atoms with Crippen LogP contribution >= 0.6 is 0 Å². The molecule has 7 nitrogen and oxygen atoms in total. The van der Waals surface area contributed by atoms with E-state index in [4.69, 9.17) is 0 Å². The summed E-state index contributed by atoms with van der Waals surface area (Å²) in [4.78, 5) is 6.41. The van der Waals surface area contributed by atoms with Gasteiger partial charge in [0.2, 0.25) is 0 Å². The fourth-order valence-corrected chi connectivity index (χ4v) is 1.60. The van der Waals surface area contributed by atoms with Gasteiger partial charge in [-0.15, -0.1) is 5.10 Å². The zero-order valence-corrected chi connectivity index (χ0v) is 11.0. The average Bonchev–Trinajstić information content (AvgIpc) is 2.83. The average molecular weight is 249 g/mol. The maximum absolute atomic E-state index is 4.09. The molecule has 2 rings (SSSR count). The number of hydrogen-bond acceptors (Lipinski definition) is 6. The lowest BCUT2D eigenvalue weighted by Gasteiger charge is -2.20. The SMILES string of the molecule is CC(C)N(C)CCCNc1cncc2nnnn12. The van der Waals surface area contributed by atoms with Crippen molar-refractivity contribution in [1.82, 2.24) is 29.9 Å². The van der Waals surface area contributed by atoms with Crippen molar-refractivity contribution in [3.63, 3.8) is 0 Å². The quantitative estimate of drug-likeness (QED) is 0.758. The lowest BCUT2D eigenvalue weighted by molar-refractivity contribution is 0.273. The van der Waals surface area contributed by atoms with Crippen LogP contribution in [-0.2, 0) is 0 Å². The van der Waals surface area contributed by atoms with Crippen molar-refractivity contribution in [3.8, 4) is 0 Å². The molecule has 0 saturated heterocycles. The van der Waals surface area contributed by atoms with E-state index in [2.05, 4.69) is 51.6 Å². The summed E-state index contributed by atoms with van der Waals surface area (Å²) in [6.45, 7) is 6.32. The smallest absolute Gasteiger partial charge is 0.199 e. The van der Waals surface area contributed by atoms with Crippen LogP contribution in [0.15, 0.2) is 12.4 Å². The first-order valence-electron chi connectivity index (χ1n) is 6.14. The minimum atomic E-state index is 0.578. The fraction of sp³-hybridized carbons (Fsp3) is 0.636. The number of fused-ring (bicyclic) bond motifs is 1. The van der Waals surface area contributed by atoms with Crippen LogP contribution in [-0.4, -0.2) is 56.1 Å². The van der Waals surface area contributed by atoms with Gasteiger partial charge in [-0.05, 0) is 44.3 Å². The number of nitrogens with zero attached hydrogens (tertiary/aromatic N) is 6. The van der Waals surface area contributed by atoms with Gasteiger partial charge in [-0.3, -0.25) is 4.98 Å². The van der Waals surface area contributed by atoms with Crippen molar-refractivity contribution in [2.24, 2.45) is 0 Å². The minimum absolute atomic E-state index is 0.578. The van der Waals surface area contributed by atoms with Gasteiger partial charge in [-0.2, -0.15) is 4.52 Å². The number of nitrogens with one attached hydrogen (secondary N) is 1. The molecule has 0 amide bonds. The van der Waals surface area contributed by atoms with Gasteiger partial charge in [0.15, 0.2) is 5.65 Å². The molecule has 2 heterocycles. The minimum Gasteiger partial charge on any atom is -0.369 e. The third-order valence-corrected chi connectivity index (χ3v) is 2.98. The van der Waals surface area contributed by atoms with Crippen molar-refractivity contribution in [1.29, 1.82) is 0 Å². The maximum atomic E-state index is 4.09. The Morgan fingerprint density at radius 2 is 2.22 bits per heavy atom. The van der Waals surface area contributed by atoms with E-state index in [0.717, 1.165) is 25.3 Å². The van der Waals surface area contributed by atoms with Crippen LogP contribution in [0, 0.1) is 0 Å². The van der Waals surface area contributed by atoms with Crippen LogP contribution in [0.3, 0.4) is 0 Å². The molecule has 0 aliphatic rings. The molecule has 0 atom stereocenters. The zero-order chi connectivity index (χ0) is 13.0. The van der Waals surface area contributed by atoms with Gasteiger partial charge in [0.05, 0.1) is 12.4 Å². The predicted octanol–water partition coefficient (Wildman–Crippen LogP) is 0.661. The van der Waals surface area contributed by atoms with E-state index in [1.807, 2.05) is 0 Å². The molecule has 0 bridgehead atoms. The second-order valence-electron chi connectivity index (χ2n) is 4.60. The molecule has 0 saturated carbocycles. The van der Waals surface area contributed by atoms with Crippen LogP contribution in [0.4, 0.5) is 5.82 Å². The molecule has 0 unspecified atom stereocenters. The standard InChI is InChI=1S/C11H19N7/c1-9(2)17(3)6-4-5-13-10-7-12-8-11-14-15-16-18(10)11/h7-9,13H,4-6H2,1-3H3. The van der Waals surface area contributed by atoms with Crippen LogP contribution in [0.2, 0.25) is 0 Å². The lowest BCUT2D eigenvalue weighted by atomic mass is 10.3. The summed E-state index contributed by atoms with van der Waals surface area (Å²) in [5, 5.41) is 14.7. The number of rotatable bonds is 6. The van der Waals surface area contributed by atoms with Crippen LogP contribution in [0.1, 0.15) is 20.3 Å². The van der Waals surface area contributed by atoms with Crippen molar-refractivity contribution < 1.29 is 0 Å². The zero-order valence-electron chi connectivity index (χ0n) is 11.0. The summed E-state index contributed by atoms with van der Waals surface area (Å²) < 4.78 is 1.65. The van der Waals surface area contributed by atoms with Crippen LogP contribution in [0.25, 0.3) is 5.65 Å². The second kappa shape index (κ2) is 5.72. The van der Waals surface area contributed by atoms with Gasteiger partial charge in [0.25, 0.3) is 0 Å². The van der Waals surface area contributed by atoms with Gasteiger partial charge in [-0.25, -0.2) is 0 Å². The largest absolute Gasteiger partial charge is 0.369 e. The summed E-state index contributed by atoms with van der Waals surface area (Å²) in [5.74, 6) is 0.824. The van der Waals surface area contributed by atoms with Gasteiger partial charge in [0, 0.05) is 12.6 Å². The van der Waals surface area contributed by atoms with Crippen molar-refractivity contribution in [3.05, 3.63) is 12.4 Å². The summed E-state index contributed by atoms with van der Waals surface area (Å²) in [6.07, 6.45) is 4.43. The Labute approximate surface area is 106 Å². The summed E-state index contributed by atoms with van der Waals surface area (Å²) in [7, 11) is 2.13. The third kappa shape index (κ3) is 2.92. The van der Waals surface area contributed by atoms with E-state index in [1.54, 1.807) is 16.9 Å². The molecule has 0 aliphatic carbocycles. The van der Waals surface area contributed by atoms with Crippen LogP contribution < -0.4 is 5.32 Å². The molecule has 1 N–H and O–H groups in total. The lowest BCUT2D eigenvalue weighted by Crippen LogP contribution is -2.28. The first kappa shape index (κ1) is 12.7. The van der Waals surface area contributed by atoms with Crippen molar-refractivity contribution in [2.45, 2.75) is 26.3 Å². The fourth-order valence-electron chi connectivity index (χ4n) is 1.60. The van der Waals surface area contributed by atoms with Gasteiger partial charge in [0.1, 0.15) is 5.82 Å². The van der Waals surface area contributed by atoms with Gasteiger partial charge < -0.3 is 10.2 Å². The number of hydrogen-bond donors (Lipinski definition) is 1. The summed E-state index contributed by atoms with van der Waals surface area (Å²) in [6, 6.07) is 0.578. The van der Waals surface area contributed by atoms with E-state index in [0.29, 0.717) is 11.7 Å². The summed E-state index contributed by atoms with van der Waals surface area (Å²) >= 11 is 0. The van der Waals surface area contributed by atoms with Crippen molar-refractivity contribution >= 4 is 11.5 Å². The molecule has 7 heteroatoms. The van der Waals surface area contributed by atoms with Crippen LogP contribution in [0.5, 0.6) is 0 Å². The molecule has 0 spiro atoms. The Balaban J connectivity index is 1.85. The molecular weight excluding hydrogens is 230 g/mol. The van der Waals surface area contributed by atoms with Gasteiger partial charge >= 0.3 is 0 Å². The van der Waals surface area contributed by atoms with E-state index in [9.17, 15) is 0 Å². The Hall–Kier alpha value is -1.76. The molecule has 2 aromatic heterocycles. The molecule has 18 heavy (non-hydrogen) atoms. The highest BCUT2D eigenvalue weighted by molar-refractivity contribution is 5.43. The van der Waals surface area contributed by atoms with E-state index >= 15 is 0 Å². The normalized spacial score (nSPS) is 11.6. The Morgan fingerprint density at radius 3 is 3.00 bits per heavy atom. The maximum Gasteiger partial charge on any atom is 0.199 e. The van der Waals surface area contributed by atoms with Gasteiger partial charge in [-0.1, -0.05) is 0 Å². The highest BCUT2D eigenvalue weighted by Crippen LogP contribution is 2.05. The number of tetrazole rings is 1. The Morgan fingerprint density at radius 1 is 1.39 bits per heavy atom. The Kier molecular flexibility index (Phi) is 4.03. The molecule has 0 fully saturated rings. The van der Waals surface area contributed by atoms with E-state index in [-0.39, 0.29) is 0 Å². The predicted molar refractivity (Wildman–Crippen MR) is 69.4 cm³/mol. The first-order chi connectivity index (χ1) is 8.68. The topological polar surface area (TPSA) is 71.2 Å². The Bertz CT molecular complexity index is 493. The van der Waals surface area contributed by atoms with Crippen molar-refractivity contribution in [2.75, 3.05) is 25.5 Å². The molecule has 98 valence electrons. The highest BCUT2D eigenvalue weighted by atomic mass is 15.5. The molecule has 2 aromatic rings. The summed E-state index contributed by atoms with van der Waals surface area (Å²) in [5.41, 5.74) is 0.652.